The van der Waals surface area contributed by atoms with Crippen LogP contribution in [-0.2, 0) is 24.4 Å². The summed E-state index contributed by atoms with van der Waals surface area (Å²) in [6.45, 7) is 0. The first-order chi connectivity index (χ1) is 6.86. The van der Waals surface area contributed by atoms with Gasteiger partial charge in [0.05, 0.1) is 0 Å². The topological polar surface area (TPSA) is 9.72 Å². The van der Waals surface area contributed by atoms with E-state index in [1.54, 1.807) is 3.33 Å². The van der Waals surface area contributed by atoms with Crippen LogP contribution in [0.2, 0.25) is 0 Å². The summed E-state index contributed by atoms with van der Waals surface area (Å²) in [4.78, 5) is 6.72. The number of allylic oxidation sites excluding steroid dienone is 1. The molecule has 0 unspecified atom stereocenters. The fourth-order valence-corrected chi connectivity index (χ4v) is 3.77. The molecule has 0 spiro atoms. The third kappa shape index (κ3) is 2.47. The van der Waals surface area contributed by atoms with E-state index in [9.17, 15) is 0 Å². The van der Waals surface area contributed by atoms with Crippen LogP contribution < -0.4 is 0 Å². The van der Waals surface area contributed by atoms with Crippen LogP contribution in [0.25, 0.3) is 0 Å². The number of likely N-dealkylation sites (N-methyl/N-ethyl adjacent to an activating group) is 2. The molecule has 83 valence electrons. The third-order valence-electron chi connectivity index (χ3n) is 2.56. The maximum absolute atomic E-state index is 2.24. The Balaban J connectivity index is 3.19. The molecule has 3 nitrogen and oxygen atoms in total. The number of hydrogen-bond acceptors (Lipinski definition) is 3. The Morgan fingerprint density at radius 1 is 0.800 bits per heavy atom. The molecule has 0 N–H and O–H groups in total. The van der Waals surface area contributed by atoms with Crippen LogP contribution in [-0.4, -0.2) is 57.0 Å². The summed E-state index contributed by atoms with van der Waals surface area (Å²) in [6, 6.07) is 0. The fourth-order valence-electron chi connectivity index (χ4n) is 1.94. The molecular formula is C11H20HfN3. The van der Waals surface area contributed by atoms with E-state index < -0.39 is 0 Å². The van der Waals surface area contributed by atoms with Crippen molar-refractivity contribution in [3.63, 3.8) is 0 Å². The summed E-state index contributed by atoms with van der Waals surface area (Å²) in [5.74, 6) is 0. The molecule has 0 aliphatic heterocycles. The molecule has 0 fully saturated rings. The van der Waals surface area contributed by atoms with Crippen molar-refractivity contribution in [3.05, 3.63) is 20.4 Å². The molecular weight excluding hydrogens is 353 g/mol. The molecule has 0 aromatic rings. The molecule has 0 aromatic carbocycles. The second-order valence-electron chi connectivity index (χ2n) is 4.48. The molecule has 0 aromatic heterocycles. The van der Waals surface area contributed by atoms with E-state index in [0.29, 0.717) is 0 Å². The number of rotatable bonds is 3. The molecule has 15 heavy (non-hydrogen) atoms. The van der Waals surface area contributed by atoms with Gasteiger partial charge in [0.25, 0.3) is 0 Å². The van der Waals surface area contributed by atoms with Crippen molar-refractivity contribution >= 4 is 0 Å². The van der Waals surface area contributed by atoms with Crippen LogP contribution in [0.1, 0.15) is 6.42 Å². The monoisotopic (exact) mass is 374 g/mol. The van der Waals surface area contributed by atoms with Gasteiger partial charge in [-0.1, -0.05) is 0 Å². The van der Waals surface area contributed by atoms with Gasteiger partial charge in [-0.25, -0.2) is 0 Å². The minimum absolute atomic E-state index is 1.13. The Labute approximate surface area is 108 Å². The van der Waals surface area contributed by atoms with Gasteiger partial charge in [-0.2, -0.15) is 0 Å². The SMILES string of the molecule is CN(C)C1=C(N(C)C)C(N(C)C)=[C]([Hf])C1. The van der Waals surface area contributed by atoms with Gasteiger partial charge in [-0.3, -0.25) is 0 Å². The van der Waals surface area contributed by atoms with Gasteiger partial charge in [0, 0.05) is 0 Å². The fraction of sp³-hybridized carbons (Fsp3) is 0.636. The van der Waals surface area contributed by atoms with E-state index in [2.05, 4.69) is 57.0 Å². The van der Waals surface area contributed by atoms with Gasteiger partial charge in [0.1, 0.15) is 0 Å². The zero-order valence-electron chi connectivity index (χ0n) is 10.5. The summed E-state index contributed by atoms with van der Waals surface area (Å²) < 4.78 is 1.59. The average Bonchev–Trinajstić information content (AvgIpc) is 2.42. The summed E-state index contributed by atoms with van der Waals surface area (Å²) in [7, 11) is 12.8. The molecule has 1 aliphatic rings. The van der Waals surface area contributed by atoms with Gasteiger partial charge in [-0.05, 0) is 0 Å². The van der Waals surface area contributed by atoms with Crippen molar-refractivity contribution in [1.82, 2.24) is 14.7 Å². The van der Waals surface area contributed by atoms with E-state index in [0.717, 1.165) is 30.8 Å². The summed E-state index contributed by atoms with van der Waals surface area (Å²) >= 11 is 1.14. The van der Waals surface area contributed by atoms with Crippen molar-refractivity contribution in [2.75, 3.05) is 42.3 Å². The molecule has 0 atom stereocenters. The van der Waals surface area contributed by atoms with Crippen LogP contribution in [0.3, 0.4) is 0 Å². The maximum atomic E-state index is 2.24. The zero-order valence-corrected chi connectivity index (χ0v) is 14.1. The molecule has 4 heteroatoms. The molecule has 1 rings (SSSR count). The van der Waals surface area contributed by atoms with Gasteiger partial charge in [-0.15, -0.1) is 0 Å². The number of hydrogen-bond donors (Lipinski definition) is 0. The van der Waals surface area contributed by atoms with Gasteiger partial charge in [0.15, 0.2) is 0 Å². The standard InChI is InChI=1S/C11H20N3.Hf/c1-12(2)9-7-8-10(13(3)4)11(9)14(5)6;/h7H2,1-6H3;. The minimum atomic E-state index is 1.13. The van der Waals surface area contributed by atoms with Crippen LogP contribution in [0, 0.1) is 0 Å². The summed E-state index contributed by atoms with van der Waals surface area (Å²) in [5.41, 5.74) is 4.25. The first-order valence-electron chi connectivity index (χ1n) is 5.06. The summed E-state index contributed by atoms with van der Waals surface area (Å²) in [6.07, 6.45) is 1.13. The molecule has 0 radical (unpaired) electrons. The second-order valence-corrected chi connectivity index (χ2v) is 6.65. The molecule has 0 amide bonds. The summed E-state index contributed by atoms with van der Waals surface area (Å²) in [5, 5.41) is 0. The average molecular weight is 373 g/mol. The molecule has 1 aliphatic carbocycles. The quantitative estimate of drug-likeness (QED) is 0.686. The van der Waals surface area contributed by atoms with E-state index in [4.69, 9.17) is 0 Å². The molecule has 0 saturated carbocycles. The van der Waals surface area contributed by atoms with Crippen molar-refractivity contribution in [2.24, 2.45) is 0 Å². The second kappa shape index (κ2) is 4.73. The molecule has 0 heterocycles. The van der Waals surface area contributed by atoms with Crippen molar-refractivity contribution in [3.8, 4) is 0 Å². The number of nitrogens with zero attached hydrogens (tertiary/aromatic N) is 3. The third-order valence-corrected chi connectivity index (χ3v) is 4.05. The van der Waals surface area contributed by atoms with Gasteiger partial charge in [0.2, 0.25) is 0 Å². The normalized spacial score (nSPS) is 16.1. The van der Waals surface area contributed by atoms with Gasteiger partial charge < -0.3 is 0 Å². The first kappa shape index (κ1) is 12.8. The van der Waals surface area contributed by atoms with E-state index >= 15 is 0 Å². The van der Waals surface area contributed by atoms with Crippen molar-refractivity contribution in [1.29, 1.82) is 0 Å². The predicted octanol–water partition coefficient (Wildman–Crippen LogP) is 1.04. The van der Waals surface area contributed by atoms with Crippen molar-refractivity contribution in [2.45, 2.75) is 6.42 Å². The van der Waals surface area contributed by atoms with Gasteiger partial charge >= 0.3 is 108 Å². The van der Waals surface area contributed by atoms with E-state index in [1.807, 2.05) is 0 Å². The Morgan fingerprint density at radius 3 is 1.60 bits per heavy atom. The van der Waals surface area contributed by atoms with Crippen LogP contribution in [0.5, 0.6) is 0 Å². The van der Waals surface area contributed by atoms with Crippen LogP contribution in [0.4, 0.5) is 0 Å². The first-order valence-corrected chi connectivity index (χ1v) is 6.86. The van der Waals surface area contributed by atoms with Crippen molar-refractivity contribution < 1.29 is 24.4 Å². The Hall–Kier alpha value is -0.250. The Morgan fingerprint density at radius 2 is 1.27 bits per heavy atom. The Kier molecular flexibility index (Phi) is 4.04. The van der Waals surface area contributed by atoms with E-state index in [-0.39, 0.29) is 0 Å². The Bertz CT molecular complexity index is 314. The van der Waals surface area contributed by atoms with Crippen LogP contribution >= 0.6 is 0 Å². The zero-order chi connectivity index (χ0) is 11.7. The molecule has 0 bridgehead atoms. The molecule has 0 saturated heterocycles. The van der Waals surface area contributed by atoms with Crippen LogP contribution in [0.15, 0.2) is 20.4 Å². The van der Waals surface area contributed by atoms with E-state index in [1.165, 1.54) is 17.1 Å². The predicted molar refractivity (Wildman–Crippen MR) is 59.7 cm³/mol.